The van der Waals surface area contributed by atoms with Crippen LogP contribution in [0.3, 0.4) is 0 Å². The Morgan fingerprint density at radius 2 is 1.84 bits per heavy atom. The lowest BCUT2D eigenvalue weighted by Crippen LogP contribution is -2.28. The lowest BCUT2D eigenvalue weighted by atomic mass is 10.0. The van der Waals surface area contributed by atoms with Gasteiger partial charge in [0.05, 0.1) is 7.11 Å². The molecule has 0 fully saturated rings. The summed E-state index contributed by atoms with van der Waals surface area (Å²) in [5.74, 6) is -0.544. The minimum Gasteiger partial charge on any atom is -0.467 e. The fourth-order valence-corrected chi connectivity index (χ4v) is 2.61. The third-order valence-corrected chi connectivity index (χ3v) is 4.39. The maximum atomic E-state index is 11.8. The van der Waals surface area contributed by atoms with E-state index in [1.807, 2.05) is 18.6 Å². The van der Waals surface area contributed by atoms with Crippen molar-refractivity contribution in [3.05, 3.63) is 35.9 Å². The van der Waals surface area contributed by atoms with Gasteiger partial charge in [-0.15, -0.1) is 23.5 Å². The second-order valence-electron chi connectivity index (χ2n) is 3.63. The quantitative estimate of drug-likeness (QED) is 0.525. The van der Waals surface area contributed by atoms with Gasteiger partial charge in [-0.1, -0.05) is 30.3 Å². The van der Waals surface area contributed by atoms with E-state index in [1.165, 1.54) is 30.6 Å². The molecule has 1 aromatic rings. The van der Waals surface area contributed by atoms with Gasteiger partial charge in [0.2, 0.25) is 0 Å². The number of aliphatic hydroxyl groups excluding tert-OH is 1. The first-order valence-corrected chi connectivity index (χ1v) is 8.05. The molecule has 0 bridgehead atoms. The van der Waals surface area contributed by atoms with Crippen LogP contribution in [0.1, 0.15) is 11.7 Å². The largest absolute Gasteiger partial charge is 0.467 e. The normalized spacial score (nSPS) is 13.5. The number of aliphatic hydroxyl groups is 1. The lowest BCUT2D eigenvalue weighted by molar-refractivity contribution is -0.144. The number of thioether (sulfide) groups is 2. The highest BCUT2D eigenvalue weighted by atomic mass is 32.2. The fourth-order valence-electron chi connectivity index (χ4n) is 1.51. The standard InChI is InChI=1S/C13H17NO3S2/c1-17-12(16)10(14-13(18-2)19-3)11(15)9-7-5-4-6-8-9/h4-8,10-11,15H,1-3H3/t10-,11+/m0/s1. The van der Waals surface area contributed by atoms with Crippen LogP contribution in [-0.4, -0.2) is 41.1 Å². The number of rotatable bonds is 4. The van der Waals surface area contributed by atoms with Crippen LogP contribution >= 0.6 is 23.5 Å². The van der Waals surface area contributed by atoms with E-state index in [0.717, 1.165) is 4.38 Å². The second-order valence-corrected chi connectivity index (χ2v) is 5.48. The van der Waals surface area contributed by atoms with Crippen molar-refractivity contribution >= 4 is 33.9 Å². The molecule has 0 aromatic heterocycles. The molecule has 0 saturated carbocycles. The number of hydrogen-bond acceptors (Lipinski definition) is 6. The predicted octanol–water partition coefficient (Wildman–Crippen LogP) is 2.34. The number of methoxy groups -OCH3 is 1. The Hall–Kier alpha value is -0.980. The molecule has 1 aromatic carbocycles. The summed E-state index contributed by atoms with van der Waals surface area (Å²) < 4.78 is 5.45. The van der Waals surface area contributed by atoms with Crippen LogP contribution in [0.25, 0.3) is 0 Å². The van der Waals surface area contributed by atoms with Crippen molar-refractivity contribution in [2.24, 2.45) is 4.99 Å². The number of nitrogens with zero attached hydrogens (tertiary/aromatic N) is 1. The first-order chi connectivity index (χ1) is 9.13. The molecule has 4 nitrogen and oxygen atoms in total. The number of aliphatic imine (C=N–C) groups is 1. The smallest absolute Gasteiger partial charge is 0.333 e. The van der Waals surface area contributed by atoms with Gasteiger partial charge >= 0.3 is 5.97 Å². The van der Waals surface area contributed by atoms with Gasteiger partial charge in [0.25, 0.3) is 0 Å². The zero-order valence-electron chi connectivity index (χ0n) is 11.1. The van der Waals surface area contributed by atoms with E-state index in [9.17, 15) is 9.90 Å². The van der Waals surface area contributed by atoms with Gasteiger partial charge in [-0.05, 0) is 18.1 Å². The minimum atomic E-state index is -1.01. The van der Waals surface area contributed by atoms with Crippen molar-refractivity contribution in [2.75, 3.05) is 19.6 Å². The zero-order valence-corrected chi connectivity index (χ0v) is 12.7. The average molecular weight is 299 g/mol. The van der Waals surface area contributed by atoms with Crippen LogP contribution in [0.2, 0.25) is 0 Å². The molecule has 0 unspecified atom stereocenters. The van der Waals surface area contributed by atoms with Crippen molar-refractivity contribution in [1.82, 2.24) is 0 Å². The zero-order chi connectivity index (χ0) is 14.3. The maximum Gasteiger partial charge on any atom is 0.333 e. The predicted molar refractivity (Wildman–Crippen MR) is 81.7 cm³/mol. The molecule has 104 valence electrons. The number of carbonyl (C=O) groups is 1. The van der Waals surface area contributed by atoms with Crippen molar-refractivity contribution in [1.29, 1.82) is 0 Å². The third-order valence-electron chi connectivity index (χ3n) is 2.48. The topological polar surface area (TPSA) is 58.9 Å². The first kappa shape index (κ1) is 16.1. The summed E-state index contributed by atoms with van der Waals surface area (Å²) in [6.07, 6.45) is 2.74. The van der Waals surface area contributed by atoms with Crippen LogP contribution in [0.5, 0.6) is 0 Å². The monoisotopic (exact) mass is 299 g/mol. The maximum absolute atomic E-state index is 11.8. The Morgan fingerprint density at radius 3 is 2.32 bits per heavy atom. The molecule has 0 aliphatic rings. The molecule has 6 heteroatoms. The molecule has 0 radical (unpaired) electrons. The molecule has 0 saturated heterocycles. The van der Waals surface area contributed by atoms with Gasteiger partial charge < -0.3 is 9.84 Å². The average Bonchev–Trinajstić information content (AvgIpc) is 2.48. The van der Waals surface area contributed by atoms with Crippen molar-refractivity contribution in [3.8, 4) is 0 Å². The molecule has 0 aliphatic carbocycles. The highest BCUT2D eigenvalue weighted by molar-refractivity contribution is 8.38. The summed E-state index contributed by atoms with van der Waals surface area (Å²) in [7, 11) is 1.29. The molecule has 0 heterocycles. The Labute approximate surface area is 121 Å². The van der Waals surface area contributed by atoms with Gasteiger partial charge in [-0.3, -0.25) is 4.99 Å². The van der Waals surface area contributed by atoms with Crippen LogP contribution in [0.4, 0.5) is 0 Å². The summed E-state index contributed by atoms with van der Waals surface area (Å²) in [4.78, 5) is 16.1. The van der Waals surface area contributed by atoms with Crippen LogP contribution < -0.4 is 0 Å². The Balaban J connectivity index is 3.04. The molecule has 1 rings (SSSR count). The molecule has 0 aliphatic heterocycles. The summed E-state index contributed by atoms with van der Waals surface area (Å²) in [6.45, 7) is 0. The summed E-state index contributed by atoms with van der Waals surface area (Å²) in [5.41, 5.74) is 0.642. The van der Waals surface area contributed by atoms with E-state index in [1.54, 1.807) is 24.3 Å². The third kappa shape index (κ3) is 4.56. The molecular weight excluding hydrogens is 282 g/mol. The molecular formula is C13H17NO3S2. The molecule has 0 spiro atoms. The first-order valence-electron chi connectivity index (χ1n) is 5.60. The highest BCUT2D eigenvalue weighted by Gasteiger charge is 2.29. The number of hydrogen-bond donors (Lipinski definition) is 1. The van der Waals surface area contributed by atoms with Gasteiger partial charge in [0.1, 0.15) is 10.5 Å². The van der Waals surface area contributed by atoms with Crippen LogP contribution in [-0.2, 0) is 9.53 Å². The second kappa shape index (κ2) is 8.24. The number of carbonyl (C=O) groups excluding carboxylic acids is 1. The molecule has 19 heavy (non-hydrogen) atoms. The van der Waals surface area contributed by atoms with E-state index < -0.39 is 18.1 Å². The van der Waals surface area contributed by atoms with Gasteiger partial charge in [-0.25, -0.2) is 4.79 Å². The summed E-state index contributed by atoms with van der Waals surface area (Å²) in [5, 5.41) is 10.3. The minimum absolute atomic E-state index is 0.544. The Kier molecular flexibility index (Phi) is 6.97. The number of benzene rings is 1. The number of esters is 1. The lowest BCUT2D eigenvalue weighted by Gasteiger charge is -2.18. The van der Waals surface area contributed by atoms with Crippen LogP contribution in [0, 0.1) is 0 Å². The fraction of sp³-hybridized carbons (Fsp3) is 0.385. The Morgan fingerprint density at radius 1 is 1.26 bits per heavy atom. The van der Waals surface area contributed by atoms with Crippen molar-refractivity contribution in [2.45, 2.75) is 12.1 Å². The summed E-state index contributed by atoms with van der Waals surface area (Å²) in [6, 6.07) is 8.03. The van der Waals surface area contributed by atoms with Gasteiger partial charge in [-0.2, -0.15) is 0 Å². The van der Waals surface area contributed by atoms with E-state index in [2.05, 4.69) is 4.99 Å². The molecule has 1 N–H and O–H groups in total. The van der Waals surface area contributed by atoms with E-state index in [0.29, 0.717) is 5.56 Å². The van der Waals surface area contributed by atoms with E-state index in [-0.39, 0.29) is 0 Å². The van der Waals surface area contributed by atoms with E-state index >= 15 is 0 Å². The SMILES string of the molecule is COC(=O)[C@@H](N=C(SC)SC)[C@H](O)c1ccccc1. The molecule has 0 amide bonds. The van der Waals surface area contributed by atoms with Crippen molar-refractivity contribution in [3.63, 3.8) is 0 Å². The number of ether oxygens (including phenoxy) is 1. The molecule has 2 atom stereocenters. The summed E-state index contributed by atoms with van der Waals surface area (Å²) >= 11 is 2.87. The van der Waals surface area contributed by atoms with Gasteiger partial charge in [0.15, 0.2) is 6.04 Å². The van der Waals surface area contributed by atoms with E-state index in [4.69, 9.17) is 4.74 Å². The van der Waals surface area contributed by atoms with Crippen LogP contribution in [0.15, 0.2) is 35.3 Å². The highest BCUT2D eigenvalue weighted by Crippen LogP contribution is 2.23. The van der Waals surface area contributed by atoms with Crippen molar-refractivity contribution < 1.29 is 14.6 Å². The Bertz CT molecular complexity index is 431. The van der Waals surface area contributed by atoms with Gasteiger partial charge in [0, 0.05) is 0 Å².